The van der Waals surface area contributed by atoms with Gasteiger partial charge in [0.25, 0.3) is 0 Å². The van der Waals surface area contributed by atoms with Crippen molar-refractivity contribution < 1.29 is 13.2 Å². The van der Waals surface area contributed by atoms with Gasteiger partial charge in [0.15, 0.2) is 5.78 Å². The third kappa shape index (κ3) is 4.03. The Kier molecular flexibility index (Phi) is 5.03. The fourth-order valence-corrected chi connectivity index (χ4v) is 3.49. The van der Waals surface area contributed by atoms with Crippen LogP contribution in [-0.4, -0.2) is 61.9 Å². The summed E-state index contributed by atoms with van der Waals surface area (Å²) in [4.78, 5) is 14.4. The normalized spacial score (nSPS) is 19.4. The molecule has 1 fully saturated rings. The van der Waals surface area contributed by atoms with Gasteiger partial charge in [-0.3, -0.25) is 9.69 Å². The molecule has 21 heavy (non-hydrogen) atoms. The zero-order valence-corrected chi connectivity index (χ0v) is 13.7. The highest BCUT2D eigenvalue weighted by molar-refractivity contribution is 7.88. The van der Waals surface area contributed by atoms with E-state index in [4.69, 9.17) is 11.6 Å². The molecule has 0 spiro atoms. The van der Waals surface area contributed by atoms with Crippen LogP contribution in [0.5, 0.6) is 0 Å². The van der Waals surface area contributed by atoms with E-state index in [2.05, 4.69) is 0 Å². The van der Waals surface area contributed by atoms with Gasteiger partial charge in [-0.15, -0.1) is 0 Å². The highest BCUT2D eigenvalue weighted by atomic mass is 35.5. The van der Waals surface area contributed by atoms with Crippen LogP contribution in [-0.2, 0) is 10.0 Å². The number of hydrogen-bond acceptors (Lipinski definition) is 4. The number of hydrogen-bond donors (Lipinski definition) is 0. The molecule has 1 aromatic rings. The lowest BCUT2D eigenvalue weighted by Crippen LogP contribution is -2.52. The van der Waals surface area contributed by atoms with Gasteiger partial charge < -0.3 is 0 Å². The van der Waals surface area contributed by atoms with Crippen molar-refractivity contribution in [1.82, 2.24) is 9.21 Å². The zero-order chi connectivity index (χ0) is 15.6. The minimum absolute atomic E-state index is 0.00491. The largest absolute Gasteiger partial charge is 0.292 e. The van der Waals surface area contributed by atoms with Crippen LogP contribution in [0, 0.1) is 0 Å². The Morgan fingerprint density at radius 2 is 1.86 bits per heavy atom. The van der Waals surface area contributed by atoms with E-state index >= 15 is 0 Å². The lowest BCUT2D eigenvalue weighted by atomic mass is 10.0. The fourth-order valence-electron chi connectivity index (χ4n) is 2.47. The van der Waals surface area contributed by atoms with E-state index in [9.17, 15) is 13.2 Å². The number of sulfonamides is 1. The molecule has 0 N–H and O–H groups in total. The summed E-state index contributed by atoms with van der Waals surface area (Å²) in [7, 11) is -3.15. The quantitative estimate of drug-likeness (QED) is 0.785. The van der Waals surface area contributed by atoms with Crippen LogP contribution in [0.1, 0.15) is 17.3 Å². The first-order valence-electron chi connectivity index (χ1n) is 6.78. The molecule has 0 saturated carbocycles. The van der Waals surface area contributed by atoms with E-state index in [1.807, 2.05) is 11.8 Å². The second-order valence-corrected chi connectivity index (χ2v) is 7.67. The van der Waals surface area contributed by atoms with Crippen LogP contribution in [0.15, 0.2) is 24.3 Å². The summed E-state index contributed by atoms with van der Waals surface area (Å²) in [5, 5.41) is 0.537. The van der Waals surface area contributed by atoms with E-state index in [0.29, 0.717) is 36.8 Å². The van der Waals surface area contributed by atoms with E-state index in [1.165, 1.54) is 10.6 Å². The SMILES string of the molecule is CC(C(=O)c1cccc(Cl)c1)N1CCN(S(C)(=O)=O)CC1. The lowest BCUT2D eigenvalue weighted by Gasteiger charge is -2.36. The fraction of sp³-hybridized carbons (Fsp3) is 0.500. The summed E-state index contributed by atoms with van der Waals surface area (Å²) >= 11 is 5.91. The van der Waals surface area contributed by atoms with E-state index in [-0.39, 0.29) is 11.8 Å². The predicted molar refractivity (Wildman–Crippen MR) is 83.2 cm³/mol. The molecule has 1 aliphatic heterocycles. The first-order chi connectivity index (χ1) is 9.79. The Labute approximate surface area is 130 Å². The van der Waals surface area contributed by atoms with Gasteiger partial charge in [0.1, 0.15) is 0 Å². The smallest absolute Gasteiger partial charge is 0.211 e. The van der Waals surface area contributed by atoms with Gasteiger partial charge in [-0.05, 0) is 19.1 Å². The van der Waals surface area contributed by atoms with Crippen molar-refractivity contribution in [2.75, 3.05) is 32.4 Å². The molecule has 0 amide bonds. The van der Waals surface area contributed by atoms with E-state index in [1.54, 1.807) is 24.3 Å². The van der Waals surface area contributed by atoms with Crippen LogP contribution in [0.3, 0.4) is 0 Å². The number of halogens is 1. The first kappa shape index (κ1) is 16.4. The second kappa shape index (κ2) is 6.44. The average Bonchev–Trinajstić information content (AvgIpc) is 2.45. The Morgan fingerprint density at radius 3 is 2.38 bits per heavy atom. The molecule has 7 heteroatoms. The number of Topliss-reactive ketones (excluding diaryl/α,β-unsaturated/α-hetero) is 1. The van der Waals surface area contributed by atoms with Crippen molar-refractivity contribution in [3.8, 4) is 0 Å². The number of piperazine rings is 1. The Morgan fingerprint density at radius 1 is 1.24 bits per heavy atom. The van der Waals surface area contributed by atoms with Gasteiger partial charge in [0.05, 0.1) is 12.3 Å². The van der Waals surface area contributed by atoms with E-state index in [0.717, 1.165) is 0 Å². The second-order valence-electron chi connectivity index (χ2n) is 5.25. The maximum Gasteiger partial charge on any atom is 0.211 e. The average molecular weight is 331 g/mol. The predicted octanol–water partition coefficient (Wildman–Crippen LogP) is 1.49. The summed E-state index contributed by atoms with van der Waals surface area (Å²) < 4.78 is 24.4. The van der Waals surface area contributed by atoms with Gasteiger partial charge >= 0.3 is 0 Å². The summed E-state index contributed by atoms with van der Waals surface area (Å²) in [6, 6.07) is 6.60. The minimum atomic E-state index is -3.15. The Balaban J connectivity index is 2.02. The molecule has 5 nitrogen and oxygen atoms in total. The number of nitrogens with zero attached hydrogens (tertiary/aromatic N) is 2. The molecule has 1 aliphatic rings. The van der Waals surface area contributed by atoms with Gasteiger partial charge in [-0.1, -0.05) is 23.7 Å². The number of carbonyl (C=O) groups excluding carboxylic acids is 1. The van der Waals surface area contributed by atoms with Crippen molar-refractivity contribution >= 4 is 27.4 Å². The molecule has 0 aromatic heterocycles. The summed E-state index contributed by atoms with van der Waals surface area (Å²) in [6.07, 6.45) is 1.21. The van der Waals surface area contributed by atoms with Crippen LogP contribution >= 0.6 is 11.6 Å². The molecule has 116 valence electrons. The molecular weight excluding hydrogens is 312 g/mol. The van der Waals surface area contributed by atoms with Crippen molar-refractivity contribution in [1.29, 1.82) is 0 Å². The maximum absolute atomic E-state index is 12.4. The van der Waals surface area contributed by atoms with Crippen LogP contribution in [0.25, 0.3) is 0 Å². The molecule has 1 unspecified atom stereocenters. The van der Waals surface area contributed by atoms with E-state index < -0.39 is 10.0 Å². The van der Waals surface area contributed by atoms with Gasteiger partial charge in [0, 0.05) is 36.8 Å². The molecule has 2 rings (SSSR count). The van der Waals surface area contributed by atoms with Crippen LogP contribution in [0.2, 0.25) is 5.02 Å². The standard InChI is InChI=1S/C14H19ClN2O3S/c1-11(14(18)12-4-3-5-13(15)10-12)16-6-8-17(9-7-16)21(2,19)20/h3-5,10-11H,6-9H2,1-2H3. The topological polar surface area (TPSA) is 57.7 Å². The summed E-state index contributed by atoms with van der Waals surface area (Å²) in [6.45, 7) is 3.80. The van der Waals surface area contributed by atoms with Crippen molar-refractivity contribution in [2.45, 2.75) is 13.0 Å². The van der Waals surface area contributed by atoms with Gasteiger partial charge in [-0.25, -0.2) is 8.42 Å². The monoisotopic (exact) mass is 330 g/mol. The maximum atomic E-state index is 12.4. The Hall–Kier alpha value is -0.950. The molecule has 0 radical (unpaired) electrons. The lowest BCUT2D eigenvalue weighted by molar-refractivity contribution is 0.0782. The van der Waals surface area contributed by atoms with Crippen LogP contribution < -0.4 is 0 Å². The molecule has 1 heterocycles. The Bertz CT molecular complexity index is 625. The molecule has 0 bridgehead atoms. The molecule has 1 saturated heterocycles. The van der Waals surface area contributed by atoms with Crippen molar-refractivity contribution in [3.63, 3.8) is 0 Å². The summed E-state index contributed by atoms with van der Waals surface area (Å²) in [5.74, 6) is 0.00491. The van der Waals surface area contributed by atoms with Crippen LogP contribution in [0.4, 0.5) is 0 Å². The van der Waals surface area contributed by atoms with Crippen molar-refractivity contribution in [3.05, 3.63) is 34.9 Å². The molecule has 0 aliphatic carbocycles. The summed E-state index contributed by atoms with van der Waals surface area (Å²) in [5.41, 5.74) is 0.584. The molecule has 1 aromatic carbocycles. The zero-order valence-electron chi connectivity index (χ0n) is 12.1. The number of benzene rings is 1. The third-order valence-electron chi connectivity index (χ3n) is 3.78. The van der Waals surface area contributed by atoms with Gasteiger partial charge in [0.2, 0.25) is 10.0 Å². The molecular formula is C14H19ClN2O3S. The van der Waals surface area contributed by atoms with Crippen molar-refractivity contribution in [2.24, 2.45) is 0 Å². The highest BCUT2D eigenvalue weighted by Crippen LogP contribution is 2.16. The minimum Gasteiger partial charge on any atom is -0.292 e. The number of carbonyl (C=O) groups is 1. The van der Waals surface area contributed by atoms with Gasteiger partial charge in [-0.2, -0.15) is 4.31 Å². The highest BCUT2D eigenvalue weighted by Gasteiger charge is 2.29. The first-order valence-corrected chi connectivity index (χ1v) is 9.00. The third-order valence-corrected chi connectivity index (χ3v) is 5.32. The number of rotatable bonds is 4. The molecule has 1 atom stereocenters. The number of ketones is 1.